The summed E-state index contributed by atoms with van der Waals surface area (Å²) in [5.74, 6) is 0.119. The largest absolute Gasteiger partial charge is 0.495 e. The van der Waals surface area contributed by atoms with Crippen LogP contribution in [0, 0.1) is 11.3 Å². The molecule has 1 atom stereocenters. The molecule has 40 heavy (non-hydrogen) atoms. The van der Waals surface area contributed by atoms with Crippen LogP contribution in [0.2, 0.25) is 0 Å². The molecular weight excluding hydrogens is 524 g/mol. The summed E-state index contributed by atoms with van der Waals surface area (Å²) < 4.78 is 10.8. The average Bonchev–Trinajstić information content (AvgIpc) is 2.97. The molecule has 4 rings (SSSR count). The summed E-state index contributed by atoms with van der Waals surface area (Å²) in [6.45, 7) is 4.26. The van der Waals surface area contributed by atoms with Crippen LogP contribution >= 0.6 is 11.8 Å². The van der Waals surface area contributed by atoms with Crippen molar-refractivity contribution in [3.8, 4) is 17.6 Å². The van der Waals surface area contributed by atoms with E-state index in [4.69, 9.17) is 9.47 Å². The van der Waals surface area contributed by atoms with E-state index in [2.05, 4.69) is 22.0 Å². The number of hydrogen-bond donors (Lipinski definition) is 3. The van der Waals surface area contributed by atoms with Crippen LogP contribution in [0.1, 0.15) is 25.3 Å². The molecule has 0 saturated heterocycles. The molecule has 0 spiro atoms. The summed E-state index contributed by atoms with van der Waals surface area (Å²) in [6, 6.07) is 26.0. The number of dihydropyridines is 1. The Morgan fingerprint density at radius 2 is 1.70 bits per heavy atom. The number of carbonyl (C=O) groups is 2. The zero-order valence-corrected chi connectivity index (χ0v) is 23.3. The van der Waals surface area contributed by atoms with Crippen molar-refractivity contribution in [3.63, 3.8) is 0 Å². The zero-order chi connectivity index (χ0) is 28.5. The third kappa shape index (κ3) is 6.65. The van der Waals surface area contributed by atoms with E-state index < -0.39 is 5.92 Å². The maximum absolute atomic E-state index is 13.7. The second-order valence-electron chi connectivity index (χ2n) is 8.81. The number of amides is 2. The first-order valence-electron chi connectivity index (χ1n) is 12.7. The number of nitriles is 1. The minimum Gasteiger partial charge on any atom is -0.495 e. The highest BCUT2D eigenvalue weighted by Gasteiger charge is 2.35. The van der Waals surface area contributed by atoms with Crippen molar-refractivity contribution in [2.75, 3.05) is 30.1 Å². The van der Waals surface area contributed by atoms with Crippen LogP contribution in [0.15, 0.2) is 101 Å². The molecular formula is C31H30N4O4S. The lowest BCUT2D eigenvalue weighted by Gasteiger charge is -2.30. The third-order valence-corrected chi connectivity index (χ3v) is 7.19. The molecule has 3 N–H and O–H groups in total. The summed E-state index contributed by atoms with van der Waals surface area (Å²) in [5.41, 5.74) is 3.33. The van der Waals surface area contributed by atoms with E-state index in [1.807, 2.05) is 43.3 Å². The number of hydrogen-bond acceptors (Lipinski definition) is 7. The van der Waals surface area contributed by atoms with E-state index in [9.17, 15) is 14.9 Å². The van der Waals surface area contributed by atoms with Crippen molar-refractivity contribution < 1.29 is 19.1 Å². The fraction of sp³-hybridized carbons (Fsp3) is 0.194. The van der Waals surface area contributed by atoms with E-state index in [0.717, 1.165) is 11.3 Å². The number of nitrogens with zero attached hydrogens (tertiary/aromatic N) is 1. The van der Waals surface area contributed by atoms with Gasteiger partial charge in [-0.15, -0.1) is 0 Å². The van der Waals surface area contributed by atoms with Crippen LogP contribution in [-0.4, -0.2) is 31.3 Å². The molecule has 0 unspecified atom stereocenters. The van der Waals surface area contributed by atoms with Crippen molar-refractivity contribution in [1.82, 2.24) is 5.32 Å². The molecule has 204 valence electrons. The lowest BCUT2D eigenvalue weighted by atomic mass is 9.82. The third-order valence-electron chi connectivity index (χ3n) is 6.18. The Morgan fingerprint density at radius 3 is 2.38 bits per heavy atom. The number of carbonyl (C=O) groups excluding carboxylic acids is 2. The second-order valence-corrected chi connectivity index (χ2v) is 9.80. The number of benzene rings is 3. The van der Waals surface area contributed by atoms with Crippen LogP contribution in [0.4, 0.5) is 11.4 Å². The number of rotatable bonds is 10. The number of methoxy groups -OCH3 is 1. The SMILES string of the molecule is CCOc1ccc(NC(=O)CSC2=C(C#N)[C@H](c3ccccc3)C(C(=O)Nc3ccccc3OC)=C(C)N2)cc1. The molecule has 0 bridgehead atoms. The van der Waals surface area contributed by atoms with Gasteiger partial charge in [-0.3, -0.25) is 9.59 Å². The maximum Gasteiger partial charge on any atom is 0.254 e. The van der Waals surface area contributed by atoms with Crippen molar-refractivity contribution >= 4 is 35.0 Å². The van der Waals surface area contributed by atoms with Gasteiger partial charge in [0.05, 0.1) is 47.7 Å². The van der Waals surface area contributed by atoms with Gasteiger partial charge in [0, 0.05) is 17.0 Å². The van der Waals surface area contributed by atoms with Gasteiger partial charge in [0.15, 0.2) is 0 Å². The molecule has 8 nitrogen and oxygen atoms in total. The van der Waals surface area contributed by atoms with Crippen LogP contribution in [0.25, 0.3) is 0 Å². The fourth-order valence-corrected chi connectivity index (χ4v) is 5.27. The van der Waals surface area contributed by atoms with Gasteiger partial charge in [0.25, 0.3) is 5.91 Å². The summed E-state index contributed by atoms with van der Waals surface area (Å²) in [4.78, 5) is 26.4. The van der Waals surface area contributed by atoms with Crippen molar-refractivity contribution in [3.05, 3.63) is 106 Å². The molecule has 2 amide bonds. The standard InChI is InChI=1S/C31H30N4O4S/c1-4-39-23-16-14-22(15-17-23)34-27(36)19-40-31-24(18-32)29(21-10-6-5-7-11-21)28(20(2)33-31)30(37)35-25-12-8-9-13-26(25)38-3/h5-17,29,33H,4,19H2,1-3H3,(H,34,36)(H,35,37)/t29-/m0/s1. The lowest BCUT2D eigenvalue weighted by molar-refractivity contribution is -0.114. The number of nitrogens with one attached hydrogen (secondary N) is 3. The Balaban J connectivity index is 1.57. The molecule has 0 saturated carbocycles. The molecule has 0 aromatic heterocycles. The van der Waals surface area contributed by atoms with Gasteiger partial charge in [0.1, 0.15) is 11.5 Å². The Kier molecular flexibility index (Phi) is 9.49. The minimum atomic E-state index is -0.626. The molecule has 1 aliphatic heterocycles. The quantitative estimate of drug-likeness (QED) is 0.290. The number of thioether (sulfide) groups is 1. The first kappa shape index (κ1) is 28.3. The first-order chi connectivity index (χ1) is 19.4. The Hall–Kier alpha value is -4.68. The van der Waals surface area contributed by atoms with E-state index >= 15 is 0 Å². The van der Waals surface area contributed by atoms with Crippen molar-refractivity contribution in [1.29, 1.82) is 5.26 Å². The molecule has 1 heterocycles. The van der Waals surface area contributed by atoms with Gasteiger partial charge in [-0.05, 0) is 55.8 Å². The van der Waals surface area contributed by atoms with Crippen molar-refractivity contribution in [2.45, 2.75) is 19.8 Å². The van der Waals surface area contributed by atoms with Crippen LogP contribution in [0.5, 0.6) is 11.5 Å². The Morgan fingerprint density at radius 1 is 1.00 bits per heavy atom. The summed E-state index contributed by atoms with van der Waals surface area (Å²) in [7, 11) is 1.54. The molecule has 1 aliphatic rings. The van der Waals surface area contributed by atoms with Gasteiger partial charge in [-0.25, -0.2) is 0 Å². The van der Waals surface area contributed by atoms with Gasteiger partial charge in [-0.1, -0.05) is 54.2 Å². The lowest BCUT2D eigenvalue weighted by Crippen LogP contribution is -2.31. The number of para-hydroxylation sites is 2. The molecule has 9 heteroatoms. The zero-order valence-electron chi connectivity index (χ0n) is 22.5. The highest BCUT2D eigenvalue weighted by atomic mass is 32.2. The first-order valence-corrected chi connectivity index (χ1v) is 13.7. The normalized spacial score (nSPS) is 14.6. The topological polar surface area (TPSA) is 112 Å². The summed E-state index contributed by atoms with van der Waals surface area (Å²) >= 11 is 1.22. The molecule has 3 aromatic rings. The van der Waals surface area contributed by atoms with E-state index in [0.29, 0.717) is 45.6 Å². The molecule has 0 radical (unpaired) electrons. The number of anilines is 2. The van der Waals surface area contributed by atoms with E-state index in [-0.39, 0.29) is 17.6 Å². The van der Waals surface area contributed by atoms with Crippen LogP contribution in [-0.2, 0) is 9.59 Å². The van der Waals surface area contributed by atoms with Gasteiger partial charge >= 0.3 is 0 Å². The monoisotopic (exact) mass is 554 g/mol. The fourth-order valence-electron chi connectivity index (χ4n) is 4.38. The second kappa shape index (κ2) is 13.4. The minimum absolute atomic E-state index is 0.0677. The van der Waals surface area contributed by atoms with Gasteiger partial charge < -0.3 is 25.4 Å². The molecule has 3 aromatic carbocycles. The summed E-state index contributed by atoms with van der Waals surface area (Å²) in [5, 5.41) is 19.8. The number of ether oxygens (including phenoxy) is 2. The predicted octanol–water partition coefficient (Wildman–Crippen LogP) is 5.80. The number of allylic oxidation sites excluding steroid dienone is 2. The molecule has 0 aliphatic carbocycles. The molecule has 0 fully saturated rings. The van der Waals surface area contributed by atoms with E-state index in [1.54, 1.807) is 49.4 Å². The Labute approximate surface area is 238 Å². The predicted molar refractivity (Wildman–Crippen MR) is 158 cm³/mol. The van der Waals surface area contributed by atoms with Gasteiger partial charge in [0.2, 0.25) is 5.91 Å². The highest BCUT2D eigenvalue weighted by Crippen LogP contribution is 2.41. The van der Waals surface area contributed by atoms with Crippen LogP contribution < -0.4 is 25.4 Å². The highest BCUT2D eigenvalue weighted by molar-refractivity contribution is 8.03. The smallest absolute Gasteiger partial charge is 0.254 e. The average molecular weight is 555 g/mol. The van der Waals surface area contributed by atoms with Gasteiger partial charge in [-0.2, -0.15) is 5.26 Å². The maximum atomic E-state index is 13.7. The van der Waals surface area contributed by atoms with Crippen LogP contribution in [0.3, 0.4) is 0 Å². The Bertz CT molecular complexity index is 1480. The summed E-state index contributed by atoms with van der Waals surface area (Å²) in [6.07, 6.45) is 0. The van der Waals surface area contributed by atoms with E-state index in [1.165, 1.54) is 18.9 Å². The van der Waals surface area contributed by atoms with Crippen molar-refractivity contribution in [2.24, 2.45) is 0 Å².